The van der Waals surface area contributed by atoms with E-state index in [-0.39, 0.29) is 0 Å². The number of rotatable bonds is 2. The van der Waals surface area contributed by atoms with E-state index in [0.29, 0.717) is 16.7 Å². The van der Waals surface area contributed by atoms with Crippen molar-refractivity contribution in [3.05, 3.63) is 52.3 Å². The highest BCUT2D eigenvalue weighted by atomic mass is 79.9. The summed E-state index contributed by atoms with van der Waals surface area (Å²) in [5.74, 6) is 0.442. The van der Waals surface area contributed by atoms with Crippen LogP contribution in [-0.2, 0) is 0 Å². The number of aryl methyl sites for hydroxylation is 1. The standard InChI is InChI=1S/C17H14BrN5OS/c1-9-4-3-5-13(19-9)15-20-12-7-6-10(18)8-11(12)14-16(24-15)21-17(25-2)23-22-14/h3-8,15,20H,1-2H3/t15-/m1/s1. The van der Waals surface area contributed by atoms with Crippen LogP contribution in [0.15, 0.2) is 46.0 Å². The molecule has 3 aromatic rings. The average Bonchev–Trinajstić information content (AvgIpc) is 2.77. The Morgan fingerprint density at radius 3 is 2.84 bits per heavy atom. The summed E-state index contributed by atoms with van der Waals surface area (Å²) in [4.78, 5) is 9.08. The lowest BCUT2D eigenvalue weighted by atomic mass is 10.1. The molecule has 0 saturated carbocycles. The Kier molecular flexibility index (Phi) is 4.30. The maximum atomic E-state index is 6.15. The molecule has 0 saturated heterocycles. The first-order valence-corrected chi connectivity index (χ1v) is 9.61. The van der Waals surface area contributed by atoms with Crippen LogP contribution in [0.2, 0.25) is 0 Å². The molecule has 0 unspecified atom stereocenters. The Balaban J connectivity index is 1.88. The number of pyridine rings is 1. The Morgan fingerprint density at radius 2 is 2.04 bits per heavy atom. The number of nitrogens with one attached hydrogen (secondary N) is 1. The van der Waals surface area contributed by atoms with Gasteiger partial charge in [0.25, 0.3) is 0 Å². The van der Waals surface area contributed by atoms with Crippen LogP contribution in [-0.4, -0.2) is 26.4 Å². The highest BCUT2D eigenvalue weighted by Gasteiger charge is 2.27. The van der Waals surface area contributed by atoms with Crippen LogP contribution in [0.5, 0.6) is 5.88 Å². The van der Waals surface area contributed by atoms with Gasteiger partial charge in [-0.3, -0.25) is 4.98 Å². The quantitative estimate of drug-likeness (QED) is 0.627. The fourth-order valence-corrected chi connectivity index (χ4v) is 3.26. The molecule has 3 heterocycles. The first-order chi connectivity index (χ1) is 12.1. The first kappa shape index (κ1) is 16.3. The second kappa shape index (κ2) is 6.61. The Hall–Kier alpha value is -2.19. The molecule has 8 heteroatoms. The van der Waals surface area contributed by atoms with E-state index >= 15 is 0 Å². The van der Waals surface area contributed by atoms with E-state index in [0.717, 1.165) is 27.1 Å². The molecule has 1 N–H and O–H groups in total. The molecule has 0 aliphatic carbocycles. The molecule has 2 aromatic heterocycles. The number of ether oxygens (including phenoxy) is 1. The predicted octanol–water partition coefficient (Wildman–Crippen LogP) is 4.23. The molecule has 0 bridgehead atoms. The number of benzene rings is 1. The van der Waals surface area contributed by atoms with Crippen LogP contribution in [0, 0.1) is 6.92 Å². The van der Waals surface area contributed by atoms with E-state index in [4.69, 9.17) is 4.74 Å². The van der Waals surface area contributed by atoms with Crippen LogP contribution >= 0.6 is 27.7 Å². The number of thioether (sulfide) groups is 1. The van der Waals surface area contributed by atoms with Crippen molar-refractivity contribution < 1.29 is 4.74 Å². The van der Waals surface area contributed by atoms with Crippen LogP contribution in [0.1, 0.15) is 17.6 Å². The maximum absolute atomic E-state index is 6.15. The summed E-state index contributed by atoms with van der Waals surface area (Å²) in [6, 6.07) is 11.8. The number of halogens is 1. The topological polar surface area (TPSA) is 72.8 Å². The van der Waals surface area contributed by atoms with Gasteiger partial charge in [0, 0.05) is 21.4 Å². The Morgan fingerprint density at radius 1 is 1.16 bits per heavy atom. The van der Waals surface area contributed by atoms with Crippen molar-refractivity contribution in [3.8, 4) is 17.1 Å². The predicted molar refractivity (Wildman–Crippen MR) is 101 cm³/mol. The van der Waals surface area contributed by atoms with Crippen molar-refractivity contribution >= 4 is 33.4 Å². The molecule has 25 heavy (non-hydrogen) atoms. The van der Waals surface area contributed by atoms with Crippen molar-refractivity contribution in [2.75, 3.05) is 11.6 Å². The number of anilines is 1. The van der Waals surface area contributed by atoms with Gasteiger partial charge in [-0.15, -0.1) is 10.2 Å². The van der Waals surface area contributed by atoms with Crippen LogP contribution < -0.4 is 10.1 Å². The van der Waals surface area contributed by atoms with Crippen molar-refractivity contribution in [3.63, 3.8) is 0 Å². The molecule has 0 spiro atoms. The van der Waals surface area contributed by atoms with E-state index in [9.17, 15) is 0 Å². The minimum Gasteiger partial charge on any atom is -0.446 e. The summed E-state index contributed by atoms with van der Waals surface area (Å²) in [6.45, 7) is 1.95. The highest BCUT2D eigenvalue weighted by Crippen LogP contribution is 2.40. The molecule has 4 rings (SSSR count). The average molecular weight is 416 g/mol. The van der Waals surface area contributed by atoms with Crippen LogP contribution in [0.3, 0.4) is 0 Å². The minimum absolute atomic E-state index is 0.442. The third-order valence-electron chi connectivity index (χ3n) is 3.75. The number of aromatic nitrogens is 4. The monoisotopic (exact) mass is 415 g/mol. The van der Waals surface area contributed by atoms with Crippen molar-refractivity contribution in [1.82, 2.24) is 20.2 Å². The number of hydrogen-bond donors (Lipinski definition) is 1. The largest absolute Gasteiger partial charge is 0.446 e. The van der Waals surface area contributed by atoms with E-state index in [1.165, 1.54) is 11.8 Å². The third-order valence-corrected chi connectivity index (χ3v) is 4.78. The lowest BCUT2D eigenvalue weighted by Gasteiger charge is -2.18. The molecule has 0 fully saturated rings. The molecule has 1 atom stereocenters. The third kappa shape index (κ3) is 3.19. The van der Waals surface area contributed by atoms with E-state index in [1.54, 1.807) is 0 Å². The summed E-state index contributed by atoms with van der Waals surface area (Å²) in [7, 11) is 0. The van der Waals surface area contributed by atoms with Gasteiger partial charge in [-0.25, -0.2) is 0 Å². The minimum atomic E-state index is -0.465. The summed E-state index contributed by atoms with van der Waals surface area (Å²) in [5, 5.41) is 12.5. The van der Waals surface area contributed by atoms with Crippen molar-refractivity contribution in [2.24, 2.45) is 0 Å². The zero-order chi connectivity index (χ0) is 17.4. The normalized spacial score (nSPS) is 15.4. The van der Waals surface area contributed by atoms with Gasteiger partial charge >= 0.3 is 0 Å². The summed E-state index contributed by atoms with van der Waals surface area (Å²) < 4.78 is 7.09. The molecule has 1 aliphatic rings. The number of nitrogens with zero attached hydrogens (tertiary/aromatic N) is 4. The van der Waals surface area contributed by atoms with E-state index in [2.05, 4.69) is 41.4 Å². The van der Waals surface area contributed by atoms with Gasteiger partial charge in [-0.05, 0) is 43.5 Å². The second-order valence-corrected chi connectivity index (χ2v) is 7.18. The van der Waals surface area contributed by atoms with Gasteiger partial charge in [0.1, 0.15) is 5.69 Å². The van der Waals surface area contributed by atoms with E-state index < -0.39 is 6.23 Å². The molecule has 1 aromatic carbocycles. The lowest BCUT2D eigenvalue weighted by Crippen LogP contribution is -2.18. The summed E-state index contributed by atoms with van der Waals surface area (Å²) in [6.07, 6.45) is 1.44. The van der Waals surface area contributed by atoms with Crippen LogP contribution in [0.4, 0.5) is 5.69 Å². The highest BCUT2D eigenvalue weighted by molar-refractivity contribution is 9.10. The smallest absolute Gasteiger partial charge is 0.247 e. The molecule has 0 radical (unpaired) electrons. The van der Waals surface area contributed by atoms with Crippen molar-refractivity contribution in [2.45, 2.75) is 18.3 Å². The zero-order valence-corrected chi connectivity index (χ0v) is 15.9. The van der Waals surface area contributed by atoms with Gasteiger partial charge < -0.3 is 10.1 Å². The summed E-state index contributed by atoms with van der Waals surface area (Å²) in [5.41, 5.74) is 4.09. The molecule has 0 amide bonds. The van der Waals surface area contributed by atoms with E-state index in [1.807, 2.05) is 49.6 Å². The second-order valence-electron chi connectivity index (χ2n) is 5.49. The molecule has 6 nitrogen and oxygen atoms in total. The Labute approximate surface area is 157 Å². The Bertz CT molecular complexity index is 952. The fourth-order valence-electron chi connectivity index (χ4n) is 2.60. The van der Waals surface area contributed by atoms with Gasteiger partial charge in [-0.2, -0.15) is 4.98 Å². The molecular formula is C17H14BrN5OS. The first-order valence-electron chi connectivity index (χ1n) is 7.59. The molecular weight excluding hydrogens is 402 g/mol. The molecule has 126 valence electrons. The van der Waals surface area contributed by atoms with Gasteiger partial charge in [0.05, 0.1) is 0 Å². The molecule has 1 aliphatic heterocycles. The van der Waals surface area contributed by atoms with Crippen molar-refractivity contribution in [1.29, 1.82) is 0 Å². The fraction of sp³-hybridized carbons (Fsp3) is 0.176. The van der Waals surface area contributed by atoms with Gasteiger partial charge in [0.2, 0.25) is 17.3 Å². The number of fused-ring (bicyclic) bond motifs is 3. The van der Waals surface area contributed by atoms with Gasteiger partial charge in [-0.1, -0.05) is 33.8 Å². The number of hydrogen-bond acceptors (Lipinski definition) is 7. The maximum Gasteiger partial charge on any atom is 0.247 e. The van der Waals surface area contributed by atoms with Gasteiger partial charge in [0.15, 0.2) is 5.69 Å². The van der Waals surface area contributed by atoms with Crippen LogP contribution in [0.25, 0.3) is 11.3 Å². The zero-order valence-electron chi connectivity index (χ0n) is 13.5. The SMILES string of the molecule is CSc1nnc2c(n1)O[C@H](c1cccc(C)n1)Nc1ccc(Br)cc1-2. The summed E-state index contributed by atoms with van der Waals surface area (Å²) >= 11 is 4.93. The lowest BCUT2D eigenvalue weighted by molar-refractivity contribution is 0.220.